The second kappa shape index (κ2) is 8.13. The van der Waals surface area contributed by atoms with Crippen LogP contribution in [0.4, 0.5) is 0 Å². The molecule has 0 unspecified atom stereocenters. The van der Waals surface area contributed by atoms with Crippen LogP contribution in [0.15, 0.2) is 23.3 Å². The molecular weight excluding hydrogens is 244 g/mol. The minimum Gasteiger partial charge on any atom is -0.504 e. The summed E-state index contributed by atoms with van der Waals surface area (Å²) < 4.78 is 4.93. The number of nitrogens with zero attached hydrogens (tertiary/aromatic N) is 1. The van der Waals surface area contributed by atoms with Crippen LogP contribution >= 0.6 is 0 Å². The molecule has 1 aromatic carbocycles. The van der Waals surface area contributed by atoms with Crippen molar-refractivity contribution in [3.63, 3.8) is 0 Å². The van der Waals surface area contributed by atoms with E-state index in [1.165, 1.54) is 19.4 Å². The molecule has 0 saturated heterocycles. The molecule has 0 aliphatic heterocycles. The monoisotopic (exact) mass is 264 g/mol. The van der Waals surface area contributed by atoms with Gasteiger partial charge >= 0.3 is 0 Å². The number of benzene rings is 1. The summed E-state index contributed by atoms with van der Waals surface area (Å²) in [5.74, 6) is 0.351. The minimum absolute atomic E-state index is 0.0423. The molecule has 0 bridgehead atoms. The van der Waals surface area contributed by atoms with Crippen LogP contribution in [0.25, 0.3) is 0 Å². The summed E-state index contributed by atoms with van der Waals surface area (Å²) in [5, 5.41) is 13.4. The molecule has 1 aromatic rings. The van der Waals surface area contributed by atoms with Gasteiger partial charge in [0.05, 0.1) is 13.3 Å². The van der Waals surface area contributed by atoms with Crippen LogP contribution in [-0.4, -0.2) is 24.3 Å². The Morgan fingerprint density at radius 2 is 2.26 bits per heavy atom. The van der Waals surface area contributed by atoms with Crippen molar-refractivity contribution in [2.75, 3.05) is 7.11 Å². The van der Waals surface area contributed by atoms with Gasteiger partial charge in [-0.2, -0.15) is 5.10 Å². The highest BCUT2D eigenvalue weighted by Crippen LogP contribution is 2.25. The third-order valence-corrected chi connectivity index (χ3v) is 2.61. The summed E-state index contributed by atoms with van der Waals surface area (Å²) >= 11 is 0. The number of unbranched alkanes of at least 4 members (excludes halogenated alkanes) is 2. The Bertz CT molecular complexity index is 444. The number of methoxy groups -OCH3 is 1. The van der Waals surface area contributed by atoms with Crippen molar-refractivity contribution >= 4 is 12.1 Å². The molecule has 19 heavy (non-hydrogen) atoms. The molecule has 0 atom stereocenters. The van der Waals surface area contributed by atoms with E-state index in [1.807, 2.05) is 0 Å². The van der Waals surface area contributed by atoms with Crippen LogP contribution in [0, 0.1) is 0 Å². The highest BCUT2D eigenvalue weighted by molar-refractivity contribution is 5.83. The first-order valence-electron chi connectivity index (χ1n) is 6.36. The van der Waals surface area contributed by atoms with Crippen LogP contribution < -0.4 is 10.2 Å². The van der Waals surface area contributed by atoms with Crippen LogP contribution in [-0.2, 0) is 4.79 Å². The Kier molecular flexibility index (Phi) is 6.43. The average molecular weight is 264 g/mol. The highest BCUT2D eigenvalue weighted by Gasteiger charge is 2.01. The fourth-order valence-corrected chi connectivity index (χ4v) is 1.56. The Morgan fingerprint density at radius 1 is 1.47 bits per heavy atom. The maximum atomic E-state index is 11.4. The normalized spacial score (nSPS) is 10.6. The van der Waals surface area contributed by atoms with E-state index >= 15 is 0 Å². The van der Waals surface area contributed by atoms with E-state index in [0.717, 1.165) is 19.3 Å². The molecule has 0 aromatic heterocycles. The topological polar surface area (TPSA) is 70.9 Å². The smallest absolute Gasteiger partial charge is 0.240 e. The molecule has 0 spiro atoms. The predicted molar refractivity (Wildman–Crippen MR) is 74.5 cm³/mol. The number of hydrazone groups is 1. The van der Waals surface area contributed by atoms with Crippen molar-refractivity contribution in [3.05, 3.63) is 23.8 Å². The largest absolute Gasteiger partial charge is 0.504 e. The fourth-order valence-electron chi connectivity index (χ4n) is 1.56. The second-order valence-electron chi connectivity index (χ2n) is 4.18. The summed E-state index contributed by atoms with van der Waals surface area (Å²) in [5.41, 5.74) is 3.14. The summed E-state index contributed by atoms with van der Waals surface area (Å²) in [6, 6.07) is 4.90. The van der Waals surface area contributed by atoms with Gasteiger partial charge in [0.25, 0.3) is 0 Å². The number of nitrogens with one attached hydrogen (secondary N) is 1. The van der Waals surface area contributed by atoms with Gasteiger partial charge in [0.15, 0.2) is 11.5 Å². The van der Waals surface area contributed by atoms with Gasteiger partial charge in [0.2, 0.25) is 5.91 Å². The number of amides is 1. The first-order chi connectivity index (χ1) is 9.17. The van der Waals surface area contributed by atoms with Crippen molar-refractivity contribution in [3.8, 4) is 11.5 Å². The van der Waals surface area contributed by atoms with E-state index in [1.54, 1.807) is 12.1 Å². The molecule has 1 rings (SSSR count). The lowest BCUT2D eigenvalue weighted by atomic mass is 10.2. The van der Waals surface area contributed by atoms with E-state index in [4.69, 9.17) is 4.74 Å². The molecule has 0 aliphatic carbocycles. The van der Waals surface area contributed by atoms with Gasteiger partial charge in [-0.3, -0.25) is 4.79 Å². The zero-order valence-electron chi connectivity index (χ0n) is 11.3. The maximum absolute atomic E-state index is 11.4. The zero-order valence-corrected chi connectivity index (χ0v) is 11.3. The number of carbonyl (C=O) groups excluding carboxylic acids is 1. The number of hydrogen-bond donors (Lipinski definition) is 2. The Labute approximate surface area is 113 Å². The summed E-state index contributed by atoms with van der Waals surface area (Å²) in [7, 11) is 1.49. The van der Waals surface area contributed by atoms with Crippen LogP contribution in [0.3, 0.4) is 0 Å². The predicted octanol–water partition coefficient (Wildman–Crippen LogP) is 2.43. The van der Waals surface area contributed by atoms with E-state index in [-0.39, 0.29) is 11.7 Å². The van der Waals surface area contributed by atoms with E-state index in [2.05, 4.69) is 17.5 Å². The molecule has 0 radical (unpaired) electrons. The molecule has 0 aliphatic rings. The van der Waals surface area contributed by atoms with Gasteiger partial charge in [0.1, 0.15) is 0 Å². The van der Waals surface area contributed by atoms with Crippen LogP contribution in [0.5, 0.6) is 11.5 Å². The lowest BCUT2D eigenvalue weighted by Crippen LogP contribution is -2.16. The van der Waals surface area contributed by atoms with Crippen LogP contribution in [0.1, 0.15) is 38.2 Å². The quantitative estimate of drug-likeness (QED) is 0.451. The van der Waals surface area contributed by atoms with Gasteiger partial charge in [0, 0.05) is 6.42 Å². The molecule has 5 nitrogen and oxygen atoms in total. The van der Waals surface area contributed by atoms with Gasteiger partial charge in [-0.1, -0.05) is 19.8 Å². The molecule has 1 amide bonds. The standard InChI is InChI=1S/C14H20N2O3/c1-3-4-5-6-14(18)16-15-10-11-7-8-13(19-2)12(17)9-11/h7-10,17H,3-6H2,1-2H3,(H,16,18)/b15-10+. The van der Waals surface area contributed by atoms with Crippen molar-refractivity contribution in [2.24, 2.45) is 5.10 Å². The summed E-state index contributed by atoms with van der Waals surface area (Å²) in [6.07, 6.45) is 4.97. The third kappa shape index (κ3) is 5.42. The van der Waals surface area contributed by atoms with Crippen LogP contribution in [0.2, 0.25) is 0 Å². The minimum atomic E-state index is -0.0950. The van der Waals surface area contributed by atoms with Crippen molar-refractivity contribution in [2.45, 2.75) is 32.6 Å². The number of aromatic hydroxyl groups is 1. The summed E-state index contributed by atoms with van der Waals surface area (Å²) in [4.78, 5) is 11.4. The Balaban J connectivity index is 2.44. The first-order valence-corrected chi connectivity index (χ1v) is 6.36. The van der Waals surface area contributed by atoms with Gasteiger partial charge < -0.3 is 9.84 Å². The number of carbonyl (C=O) groups is 1. The average Bonchev–Trinajstić information content (AvgIpc) is 2.39. The molecular formula is C14H20N2O3. The number of hydrogen-bond acceptors (Lipinski definition) is 4. The Hall–Kier alpha value is -2.04. The van der Waals surface area contributed by atoms with E-state index in [9.17, 15) is 9.90 Å². The SMILES string of the molecule is CCCCCC(=O)N/N=C/c1ccc(OC)c(O)c1. The van der Waals surface area contributed by atoms with Gasteiger partial charge in [-0.25, -0.2) is 5.43 Å². The second-order valence-corrected chi connectivity index (χ2v) is 4.18. The van der Waals surface area contributed by atoms with Crippen molar-refractivity contribution in [1.29, 1.82) is 0 Å². The number of phenolic OH excluding ortho intramolecular Hbond substituents is 1. The number of ether oxygens (including phenoxy) is 1. The lowest BCUT2D eigenvalue weighted by Gasteiger charge is -2.03. The lowest BCUT2D eigenvalue weighted by molar-refractivity contribution is -0.121. The van der Waals surface area contributed by atoms with Crippen molar-refractivity contribution < 1.29 is 14.6 Å². The molecule has 0 heterocycles. The van der Waals surface area contributed by atoms with Crippen molar-refractivity contribution in [1.82, 2.24) is 5.43 Å². The number of phenols is 1. The maximum Gasteiger partial charge on any atom is 0.240 e. The van der Waals surface area contributed by atoms with Gasteiger partial charge in [-0.05, 0) is 30.2 Å². The molecule has 2 N–H and O–H groups in total. The fraction of sp³-hybridized carbons (Fsp3) is 0.429. The Morgan fingerprint density at radius 3 is 2.89 bits per heavy atom. The zero-order chi connectivity index (χ0) is 14.1. The molecule has 5 heteroatoms. The molecule has 104 valence electrons. The third-order valence-electron chi connectivity index (χ3n) is 2.61. The van der Waals surface area contributed by atoms with E-state index in [0.29, 0.717) is 17.7 Å². The van der Waals surface area contributed by atoms with Gasteiger partial charge in [-0.15, -0.1) is 0 Å². The molecule has 0 saturated carbocycles. The summed E-state index contributed by atoms with van der Waals surface area (Å²) in [6.45, 7) is 2.09. The van der Waals surface area contributed by atoms with E-state index < -0.39 is 0 Å². The number of rotatable bonds is 7. The highest BCUT2D eigenvalue weighted by atomic mass is 16.5. The molecule has 0 fully saturated rings. The first kappa shape index (κ1) is 15.0.